The van der Waals surface area contributed by atoms with Gasteiger partial charge in [-0.1, -0.05) is 19.1 Å². The second-order valence-electron chi connectivity index (χ2n) is 4.53. The summed E-state index contributed by atoms with van der Waals surface area (Å²) in [6, 6.07) is 9.62. The average molecular weight is 295 g/mol. The second-order valence-corrected chi connectivity index (χ2v) is 4.53. The molecule has 0 aliphatic heterocycles. The van der Waals surface area contributed by atoms with Crippen LogP contribution in [0.2, 0.25) is 0 Å². The van der Waals surface area contributed by atoms with Gasteiger partial charge in [0.05, 0.1) is 6.54 Å². The van der Waals surface area contributed by atoms with E-state index in [1.165, 1.54) is 0 Å². The van der Waals surface area contributed by atoms with Gasteiger partial charge in [-0.25, -0.2) is 0 Å². The summed E-state index contributed by atoms with van der Waals surface area (Å²) in [6.45, 7) is 2.88. The maximum atomic E-state index is 11.7. The molecule has 2 rings (SSSR count). The molecule has 1 heterocycles. The van der Waals surface area contributed by atoms with Crippen LogP contribution in [-0.4, -0.2) is 22.2 Å². The molecule has 0 aliphatic rings. The molecule has 0 saturated carbocycles. The lowest BCUT2D eigenvalue weighted by atomic mass is 10.1. The molecule has 1 unspecified atom stereocenters. The third-order valence-electron chi connectivity index (χ3n) is 2.93. The van der Waals surface area contributed by atoms with Crippen molar-refractivity contribution in [3.8, 4) is 0 Å². The molecule has 0 aliphatic carbocycles. The van der Waals surface area contributed by atoms with Gasteiger partial charge < -0.3 is 11.1 Å². The van der Waals surface area contributed by atoms with Crippen molar-refractivity contribution < 1.29 is 4.79 Å². The lowest BCUT2D eigenvalue weighted by molar-refractivity contribution is -0.119. The predicted octanol–water partition coefficient (Wildman–Crippen LogP) is 1.89. The maximum absolute atomic E-state index is 11.7. The van der Waals surface area contributed by atoms with Gasteiger partial charge in [-0.3, -0.25) is 9.48 Å². The third kappa shape index (κ3) is 4.36. The van der Waals surface area contributed by atoms with E-state index < -0.39 is 0 Å². The minimum Gasteiger partial charge on any atom is -0.330 e. The summed E-state index contributed by atoms with van der Waals surface area (Å²) in [6.07, 6.45) is 3.67. The first-order valence-corrected chi connectivity index (χ1v) is 6.26. The molecule has 1 amide bonds. The minimum atomic E-state index is -0.177. The highest BCUT2D eigenvalue weighted by Gasteiger charge is 2.10. The maximum Gasteiger partial charge on any atom is 0.228 e. The van der Waals surface area contributed by atoms with Crippen molar-refractivity contribution >= 4 is 24.0 Å². The standard InChI is InChI=1S/C14H18N4O.ClH/c1-11(9-15)14(19)17-13-5-3-12(4-6-13)10-18-8-2-7-16-18;/h2-8,11H,9-10,15H2,1H3,(H,17,19);1H. The highest BCUT2D eigenvalue weighted by Crippen LogP contribution is 2.11. The zero-order valence-electron chi connectivity index (χ0n) is 11.3. The van der Waals surface area contributed by atoms with E-state index >= 15 is 0 Å². The van der Waals surface area contributed by atoms with E-state index in [0.29, 0.717) is 6.54 Å². The first kappa shape index (κ1) is 16.2. The van der Waals surface area contributed by atoms with Crippen molar-refractivity contribution in [2.45, 2.75) is 13.5 Å². The van der Waals surface area contributed by atoms with Crippen molar-refractivity contribution in [3.63, 3.8) is 0 Å². The summed E-state index contributed by atoms with van der Waals surface area (Å²) in [5, 5.41) is 6.99. The van der Waals surface area contributed by atoms with Crippen LogP contribution in [0.1, 0.15) is 12.5 Å². The summed E-state index contributed by atoms with van der Waals surface area (Å²) in [7, 11) is 0. The molecule has 0 spiro atoms. The Morgan fingerprint density at radius 2 is 2.10 bits per heavy atom. The van der Waals surface area contributed by atoms with Gasteiger partial charge in [0, 0.05) is 30.5 Å². The molecule has 5 nitrogen and oxygen atoms in total. The number of nitrogens with one attached hydrogen (secondary N) is 1. The van der Waals surface area contributed by atoms with Crippen LogP contribution in [0.3, 0.4) is 0 Å². The lowest BCUT2D eigenvalue weighted by Gasteiger charge is -2.10. The van der Waals surface area contributed by atoms with Gasteiger partial charge in [-0.05, 0) is 23.8 Å². The van der Waals surface area contributed by atoms with Crippen LogP contribution in [0.25, 0.3) is 0 Å². The minimum absolute atomic E-state index is 0. The fourth-order valence-electron chi connectivity index (χ4n) is 1.65. The highest BCUT2D eigenvalue weighted by molar-refractivity contribution is 5.92. The number of hydrogen-bond acceptors (Lipinski definition) is 3. The van der Waals surface area contributed by atoms with E-state index in [1.807, 2.05) is 41.2 Å². The molecule has 1 aromatic heterocycles. The number of rotatable bonds is 5. The summed E-state index contributed by atoms with van der Waals surface area (Å²) in [4.78, 5) is 11.7. The van der Waals surface area contributed by atoms with E-state index in [-0.39, 0.29) is 24.2 Å². The van der Waals surface area contributed by atoms with Gasteiger partial charge in [0.2, 0.25) is 5.91 Å². The van der Waals surface area contributed by atoms with Gasteiger partial charge in [0.15, 0.2) is 0 Å². The SMILES string of the molecule is CC(CN)C(=O)Nc1ccc(Cn2cccn2)cc1.Cl. The number of hydrogen-bond donors (Lipinski definition) is 2. The highest BCUT2D eigenvalue weighted by atomic mass is 35.5. The molecule has 0 bridgehead atoms. The number of nitrogens with zero attached hydrogens (tertiary/aromatic N) is 2. The molecular formula is C14H19ClN4O. The number of amides is 1. The average Bonchev–Trinajstić information content (AvgIpc) is 2.93. The largest absolute Gasteiger partial charge is 0.330 e. The molecule has 2 aromatic rings. The van der Waals surface area contributed by atoms with E-state index in [0.717, 1.165) is 17.8 Å². The molecule has 1 aromatic carbocycles. The van der Waals surface area contributed by atoms with Gasteiger partial charge in [-0.15, -0.1) is 12.4 Å². The molecular weight excluding hydrogens is 276 g/mol. The van der Waals surface area contributed by atoms with Gasteiger partial charge >= 0.3 is 0 Å². The molecule has 108 valence electrons. The lowest BCUT2D eigenvalue weighted by Crippen LogP contribution is -2.26. The Balaban J connectivity index is 0.00000200. The Hall–Kier alpha value is -1.85. The van der Waals surface area contributed by atoms with Gasteiger partial charge in [0.25, 0.3) is 0 Å². The Bertz CT molecular complexity index is 525. The van der Waals surface area contributed by atoms with Crippen LogP contribution >= 0.6 is 12.4 Å². The van der Waals surface area contributed by atoms with E-state index in [4.69, 9.17) is 5.73 Å². The smallest absolute Gasteiger partial charge is 0.228 e. The first-order chi connectivity index (χ1) is 9.19. The number of carbonyl (C=O) groups excluding carboxylic acids is 1. The van der Waals surface area contributed by atoms with Crippen molar-refractivity contribution in [2.75, 3.05) is 11.9 Å². The summed E-state index contributed by atoms with van der Waals surface area (Å²) < 4.78 is 1.85. The zero-order valence-corrected chi connectivity index (χ0v) is 12.1. The van der Waals surface area contributed by atoms with Crippen molar-refractivity contribution in [3.05, 3.63) is 48.3 Å². The topological polar surface area (TPSA) is 72.9 Å². The van der Waals surface area contributed by atoms with Crippen molar-refractivity contribution in [1.82, 2.24) is 9.78 Å². The normalized spacial score (nSPS) is 11.5. The Morgan fingerprint density at radius 3 is 2.65 bits per heavy atom. The monoisotopic (exact) mass is 294 g/mol. The van der Waals surface area contributed by atoms with Crippen LogP contribution in [0, 0.1) is 5.92 Å². The number of anilines is 1. The third-order valence-corrected chi connectivity index (χ3v) is 2.93. The molecule has 1 atom stereocenters. The van der Waals surface area contributed by atoms with E-state index in [2.05, 4.69) is 10.4 Å². The Kier molecular flexibility index (Phi) is 6.21. The molecule has 0 saturated heterocycles. The Labute approximate surface area is 124 Å². The summed E-state index contributed by atoms with van der Waals surface area (Å²) >= 11 is 0. The molecule has 0 radical (unpaired) electrons. The van der Waals surface area contributed by atoms with Crippen LogP contribution in [0.5, 0.6) is 0 Å². The van der Waals surface area contributed by atoms with Crippen LogP contribution < -0.4 is 11.1 Å². The molecule has 0 fully saturated rings. The zero-order chi connectivity index (χ0) is 13.7. The van der Waals surface area contributed by atoms with E-state index in [9.17, 15) is 4.79 Å². The van der Waals surface area contributed by atoms with Crippen molar-refractivity contribution in [1.29, 1.82) is 0 Å². The van der Waals surface area contributed by atoms with E-state index in [1.54, 1.807) is 13.1 Å². The quantitative estimate of drug-likeness (QED) is 0.884. The number of halogens is 1. The fourth-order valence-corrected chi connectivity index (χ4v) is 1.65. The van der Waals surface area contributed by atoms with Crippen LogP contribution in [-0.2, 0) is 11.3 Å². The van der Waals surface area contributed by atoms with Crippen LogP contribution in [0.15, 0.2) is 42.7 Å². The fraction of sp³-hybridized carbons (Fsp3) is 0.286. The number of benzene rings is 1. The summed E-state index contributed by atoms with van der Waals surface area (Å²) in [5.74, 6) is -0.230. The van der Waals surface area contributed by atoms with Gasteiger partial charge in [-0.2, -0.15) is 5.10 Å². The Morgan fingerprint density at radius 1 is 1.40 bits per heavy atom. The number of nitrogens with two attached hydrogens (primary N) is 1. The van der Waals surface area contributed by atoms with Crippen LogP contribution in [0.4, 0.5) is 5.69 Å². The second kappa shape index (κ2) is 7.67. The summed E-state index contributed by atoms with van der Waals surface area (Å²) in [5.41, 5.74) is 7.38. The predicted molar refractivity (Wildman–Crippen MR) is 81.9 cm³/mol. The first-order valence-electron chi connectivity index (χ1n) is 6.26. The van der Waals surface area contributed by atoms with Crippen molar-refractivity contribution in [2.24, 2.45) is 11.7 Å². The molecule has 6 heteroatoms. The molecule has 20 heavy (non-hydrogen) atoms. The number of aromatic nitrogens is 2. The molecule has 3 N–H and O–H groups in total. The number of carbonyl (C=O) groups is 1. The van der Waals surface area contributed by atoms with Gasteiger partial charge in [0.1, 0.15) is 0 Å².